The van der Waals surface area contributed by atoms with Crippen molar-refractivity contribution in [3.05, 3.63) is 54.0 Å². The van der Waals surface area contributed by atoms with Crippen LogP contribution in [0.3, 0.4) is 0 Å². The molecule has 0 unspecified atom stereocenters. The largest absolute Gasteiger partial charge is 0.492 e. The zero-order valence-corrected chi connectivity index (χ0v) is 17.4. The van der Waals surface area contributed by atoms with E-state index in [4.69, 9.17) is 14.0 Å². The summed E-state index contributed by atoms with van der Waals surface area (Å²) in [5, 5.41) is 8.41. The highest BCUT2D eigenvalue weighted by Crippen LogP contribution is 2.36. The number of sulfonamides is 1. The van der Waals surface area contributed by atoms with Gasteiger partial charge in [0.2, 0.25) is 5.88 Å². The molecule has 1 aliphatic rings. The maximum Gasteiger partial charge on any atom is 0.266 e. The van der Waals surface area contributed by atoms with Crippen molar-refractivity contribution in [3.8, 4) is 11.6 Å². The average molecular weight is 441 g/mol. The van der Waals surface area contributed by atoms with Crippen LogP contribution >= 0.6 is 0 Å². The Bertz CT molecular complexity index is 1350. The molecule has 5 rings (SSSR count). The van der Waals surface area contributed by atoms with E-state index in [-0.39, 0.29) is 16.6 Å². The van der Waals surface area contributed by atoms with E-state index >= 15 is 0 Å². The van der Waals surface area contributed by atoms with Crippen molar-refractivity contribution in [2.75, 3.05) is 18.4 Å². The van der Waals surface area contributed by atoms with Crippen molar-refractivity contribution in [2.24, 2.45) is 0 Å². The summed E-state index contributed by atoms with van der Waals surface area (Å²) in [4.78, 5) is 4.52. The molecule has 0 saturated carbocycles. The number of benzene rings is 1. The normalized spacial score (nSPS) is 13.6. The quantitative estimate of drug-likeness (QED) is 0.485. The van der Waals surface area contributed by atoms with Crippen LogP contribution in [0.25, 0.3) is 11.0 Å². The second kappa shape index (κ2) is 7.58. The fourth-order valence-electron chi connectivity index (χ4n) is 3.59. The molecule has 0 saturated heterocycles. The predicted octanol–water partition coefficient (Wildman–Crippen LogP) is 2.60. The van der Waals surface area contributed by atoms with Gasteiger partial charge in [-0.25, -0.2) is 13.4 Å². The minimum absolute atomic E-state index is 0.00148. The summed E-state index contributed by atoms with van der Waals surface area (Å²) < 4.78 is 46.9. The second-order valence-electron chi connectivity index (χ2n) is 7.03. The lowest BCUT2D eigenvalue weighted by molar-refractivity contribution is 0.280. The number of rotatable bonds is 6. The maximum absolute atomic E-state index is 13.1. The standard InChI is InChI=1S/C20H19N5O5S/c1-28-20-17-15(11-14(22-20)12-25-9-4-8-21-25)30-23-19(17)24-31(26,27)16-7-2-5-13-6-3-10-29-18(13)16/h2,4-5,7-9,11H,3,6,10,12H2,1H3,(H,23,24). The van der Waals surface area contributed by atoms with Crippen LogP contribution in [0.5, 0.6) is 11.6 Å². The summed E-state index contributed by atoms with van der Waals surface area (Å²) in [5.74, 6) is 0.573. The van der Waals surface area contributed by atoms with Crippen molar-refractivity contribution in [3.63, 3.8) is 0 Å². The zero-order chi connectivity index (χ0) is 21.4. The first-order valence-corrected chi connectivity index (χ1v) is 11.1. The summed E-state index contributed by atoms with van der Waals surface area (Å²) in [7, 11) is -2.54. The topological polar surface area (TPSA) is 121 Å². The van der Waals surface area contributed by atoms with Gasteiger partial charge in [-0.15, -0.1) is 0 Å². The number of ether oxygens (including phenoxy) is 2. The van der Waals surface area contributed by atoms with E-state index < -0.39 is 10.0 Å². The molecule has 0 spiro atoms. The minimum Gasteiger partial charge on any atom is -0.492 e. The molecular weight excluding hydrogens is 422 g/mol. The van der Waals surface area contributed by atoms with E-state index in [1.165, 1.54) is 13.2 Å². The van der Waals surface area contributed by atoms with Gasteiger partial charge in [0.25, 0.3) is 10.0 Å². The first-order chi connectivity index (χ1) is 15.0. The van der Waals surface area contributed by atoms with E-state index in [2.05, 4.69) is 20.0 Å². The molecule has 0 radical (unpaired) electrons. The smallest absolute Gasteiger partial charge is 0.266 e. The second-order valence-corrected chi connectivity index (χ2v) is 8.68. The van der Waals surface area contributed by atoms with Crippen LogP contribution in [0.1, 0.15) is 17.7 Å². The molecule has 11 heteroatoms. The molecule has 160 valence electrons. The van der Waals surface area contributed by atoms with Crippen molar-refractivity contribution < 1.29 is 22.4 Å². The van der Waals surface area contributed by atoms with Gasteiger partial charge in [0.1, 0.15) is 16.0 Å². The lowest BCUT2D eigenvalue weighted by Crippen LogP contribution is -2.18. The molecule has 0 fully saturated rings. The Labute approximate surface area is 177 Å². The third-order valence-electron chi connectivity index (χ3n) is 4.97. The number of para-hydroxylation sites is 1. The minimum atomic E-state index is -3.99. The maximum atomic E-state index is 13.1. The van der Waals surface area contributed by atoms with Gasteiger partial charge in [0.15, 0.2) is 11.4 Å². The Morgan fingerprint density at radius 3 is 3.00 bits per heavy atom. The van der Waals surface area contributed by atoms with Gasteiger partial charge in [-0.3, -0.25) is 9.40 Å². The van der Waals surface area contributed by atoms with Gasteiger partial charge >= 0.3 is 0 Å². The third kappa shape index (κ3) is 3.56. The van der Waals surface area contributed by atoms with Gasteiger partial charge in [-0.2, -0.15) is 5.10 Å². The van der Waals surface area contributed by atoms with Gasteiger partial charge in [0.05, 0.1) is 26.0 Å². The Morgan fingerprint density at radius 2 is 2.19 bits per heavy atom. The number of nitrogens with one attached hydrogen (secondary N) is 1. The number of fused-ring (bicyclic) bond motifs is 2. The first-order valence-electron chi connectivity index (χ1n) is 9.63. The number of methoxy groups -OCH3 is 1. The Hall–Kier alpha value is -3.60. The third-order valence-corrected chi connectivity index (χ3v) is 6.33. The first kappa shape index (κ1) is 19.4. The Kier molecular flexibility index (Phi) is 4.74. The summed E-state index contributed by atoms with van der Waals surface area (Å²) in [5.41, 5.74) is 1.84. The van der Waals surface area contributed by atoms with Gasteiger partial charge in [-0.1, -0.05) is 17.3 Å². The van der Waals surface area contributed by atoms with Gasteiger partial charge < -0.3 is 14.0 Å². The molecule has 4 aromatic rings. The Morgan fingerprint density at radius 1 is 1.29 bits per heavy atom. The molecule has 1 aliphatic heterocycles. The molecular formula is C20H19N5O5S. The number of nitrogens with zero attached hydrogens (tertiary/aromatic N) is 4. The molecule has 10 nitrogen and oxygen atoms in total. The van der Waals surface area contributed by atoms with Crippen LogP contribution in [-0.4, -0.2) is 42.1 Å². The molecule has 31 heavy (non-hydrogen) atoms. The summed E-state index contributed by atoms with van der Waals surface area (Å²) in [6.45, 7) is 0.873. The molecule has 1 aromatic carbocycles. The van der Waals surface area contributed by atoms with Crippen LogP contribution in [0.4, 0.5) is 5.82 Å². The highest BCUT2D eigenvalue weighted by Gasteiger charge is 2.27. The lowest BCUT2D eigenvalue weighted by Gasteiger charge is -2.20. The Balaban J connectivity index is 1.52. The summed E-state index contributed by atoms with van der Waals surface area (Å²) in [6.07, 6.45) is 5.09. The highest BCUT2D eigenvalue weighted by atomic mass is 32.2. The van der Waals surface area contributed by atoms with Crippen LogP contribution < -0.4 is 14.2 Å². The van der Waals surface area contributed by atoms with Gasteiger partial charge in [0, 0.05) is 18.5 Å². The number of hydrogen-bond acceptors (Lipinski definition) is 8. The van der Waals surface area contributed by atoms with Crippen molar-refractivity contribution in [1.29, 1.82) is 0 Å². The number of hydrogen-bond donors (Lipinski definition) is 1. The fraction of sp³-hybridized carbons (Fsp3) is 0.250. The van der Waals surface area contributed by atoms with E-state index in [0.29, 0.717) is 35.6 Å². The number of pyridine rings is 1. The number of anilines is 1. The molecule has 3 aromatic heterocycles. The summed E-state index contributed by atoms with van der Waals surface area (Å²) >= 11 is 0. The summed E-state index contributed by atoms with van der Waals surface area (Å²) in [6, 6.07) is 8.56. The zero-order valence-electron chi connectivity index (χ0n) is 16.6. The van der Waals surface area contributed by atoms with Gasteiger partial charge in [-0.05, 0) is 30.5 Å². The van der Waals surface area contributed by atoms with Crippen LogP contribution in [0.15, 0.2) is 52.1 Å². The van der Waals surface area contributed by atoms with Crippen molar-refractivity contribution >= 4 is 26.8 Å². The molecule has 0 bridgehead atoms. The fourth-order valence-corrected chi connectivity index (χ4v) is 4.78. The molecule has 1 N–H and O–H groups in total. The predicted molar refractivity (Wildman–Crippen MR) is 111 cm³/mol. The van der Waals surface area contributed by atoms with E-state index in [1.807, 2.05) is 12.1 Å². The SMILES string of the molecule is COc1nc(Cn2cccn2)cc2onc(NS(=O)(=O)c3cccc4c3OCCC4)c12. The van der Waals surface area contributed by atoms with Crippen LogP contribution in [-0.2, 0) is 23.0 Å². The molecule has 4 heterocycles. The van der Waals surface area contributed by atoms with Crippen LogP contribution in [0, 0.1) is 0 Å². The number of aryl methyl sites for hydroxylation is 1. The number of aromatic nitrogens is 4. The average Bonchev–Trinajstić information content (AvgIpc) is 3.43. The molecule has 0 amide bonds. The van der Waals surface area contributed by atoms with E-state index in [0.717, 1.165) is 18.4 Å². The van der Waals surface area contributed by atoms with Crippen molar-refractivity contribution in [1.82, 2.24) is 19.9 Å². The van der Waals surface area contributed by atoms with Crippen molar-refractivity contribution in [2.45, 2.75) is 24.3 Å². The highest BCUT2D eigenvalue weighted by molar-refractivity contribution is 7.92. The lowest BCUT2D eigenvalue weighted by atomic mass is 10.1. The van der Waals surface area contributed by atoms with Crippen LogP contribution in [0.2, 0.25) is 0 Å². The molecule has 0 atom stereocenters. The van der Waals surface area contributed by atoms with E-state index in [9.17, 15) is 8.42 Å². The monoisotopic (exact) mass is 441 g/mol. The van der Waals surface area contributed by atoms with E-state index in [1.54, 1.807) is 29.2 Å². The molecule has 0 aliphatic carbocycles.